The van der Waals surface area contributed by atoms with Crippen LogP contribution in [0.1, 0.15) is 39.5 Å². The van der Waals surface area contributed by atoms with Crippen molar-refractivity contribution < 1.29 is 33.4 Å². The van der Waals surface area contributed by atoms with E-state index in [1.807, 2.05) is 5.37 Å². The Morgan fingerprint density at radius 1 is 0.931 bits per heavy atom. The molecule has 2 N–H and O–H groups in total. The summed E-state index contributed by atoms with van der Waals surface area (Å²) in [5.41, 5.74) is 0. The van der Waals surface area contributed by atoms with Crippen LogP contribution in [0.5, 0.6) is 0 Å². The first-order valence-electron chi connectivity index (χ1n) is 9.17. The summed E-state index contributed by atoms with van der Waals surface area (Å²) >= 11 is 1.74. The molecule has 2 amide bonds. The molecule has 0 aliphatic heterocycles. The fourth-order valence-electron chi connectivity index (χ4n) is 1.93. The lowest BCUT2D eigenvalue weighted by Crippen LogP contribution is -2.43. The standard InChI is InChI=1S/C18H30N2O7S2/c1-5-14(21)19-12(17(24)26-3)10-28-9-7-8-16(23)29-11-13(18(25)27-4)20-15(22)6-2/h9,12-13,28H,5-8,10-11H2,1-4H3,(H,19,21)(H,20,22)/t12-,13-/m0/s1. The molecule has 2 atom stereocenters. The summed E-state index contributed by atoms with van der Waals surface area (Å²) in [5, 5.41) is 6.83. The average molecular weight is 451 g/mol. The Labute approximate surface area is 179 Å². The van der Waals surface area contributed by atoms with Crippen molar-refractivity contribution in [2.45, 2.75) is 51.6 Å². The van der Waals surface area contributed by atoms with E-state index in [1.54, 1.807) is 13.8 Å². The van der Waals surface area contributed by atoms with Crippen molar-refractivity contribution in [3.63, 3.8) is 0 Å². The summed E-state index contributed by atoms with van der Waals surface area (Å²) in [6.45, 7) is 3.35. The normalized spacial score (nSPS) is 13.0. The zero-order chi connectivity index (χ0) is 22.2. The highest BCUT2D eigenvalue weighted by Crippen LogP contribution is 2.10. The van der Waals surface area contributed by atoms with Crippen molar-refractivity contribution >= 4 is 57.3 Å². The van der Waals surface area contributed by atoms with Crippen LogP contribution in [0.25, 0.3) is 0 Å². The molecule has 0 unspecified atom stereocenters. The minimum absolute atomic E-state index is 0.0996. The van der Waals surface area contributed by atoms with Gasteiger partial charge in [-0.25, -0.2) is 20.9 Å². The van der Waals surface area contributed by atoms with Gasteiger partial charge in [-0.3, -0.25) is 14.4 Å². The van der Waals surface area contributed by atoms with Gasteiger partial charge in [-0.15, -0.1) is 0 Å². The molecule has 0 aliphatic carbocycles. The molecule has 0 fully saturated rings. The van der Waals surface area contributed by atoms with Gasteiger partial charge >= 0.3 is 11.9 Å². The Bertz CT molecular complexity index is 611. The van der Waals surface area contributed by atoms with Gasteiger partial charge in [-0.1, -0.05) is 31.0 Å². The van der Waals surface area contributed by atoms with Gasteiger partial charge < -0.3 is 20.1 Å². The first-order valence-corrected chi connectivity index (χ1v) is 11.3. The van der Waals surface area contributed by atoms with E-state index in [4.69, 9.17) is 0 Å². The van der Waals surface area contributed by atoms with E-state index in [0.29, 0.717) is 12.2 Å². The lowest BCUT2D eigenvalue weighted by atomic mass is 10.3. The zero-order valence-corrected chi connectivity index (χ0v) is 18.9. The van der Waals surface area contributed by atoms with Crippen molar-refractivity contribution in [1.82, 2.24) is 10.6 Å². The van der Waals surface area contributed by atoms with Crippen LogP contribution in [-0.4, -0.2) is 72.0 Å². The number of carbonyl (C=O) groups is 5. The van der Waals surface area contributed by atoms with Crippen molar-refractivity contribution in [2.75, 3.05) is 25.7 Å². The van der Waals surface area contributed by atoms with Gasteiger partial charge in [-0.05, 0) is 6.42 Å². The van der Waals surface area contributed by atoms with Crippen LogP contribution in [-0.2, 0) is 33.4 Å². The maximum Gasteiger partial charge on any atom is 0.329 e. The number of thioether (sulfide) groups is 1. The highest BCUT2D eigenvalue weighted by Gasteiger charge is 2.22. The number of nitrogens with one attached hydrogen (secondary N) is 2. The first kappa shape index (κ1) is 27.1. The molecule has 0 radical (unpaired) electrons. The number of esters is 2. The van der Waals surface area contributed by atoms with Crippen molar-refractivity contribution in [3.05, 3.63) is 0 Å². The number of hydrogen-bond acceptors (Lipinski definition) is 8. The highest BCUT2D eigenvalue weighted by atomic mass is 32.2. The number of hydrogen-bond donors (Lipinski definition) is 3. The maximum atomic E-state index is 12.0. The molecule has 11 heteroatoms. The minimum Gasteiger partial charge on any atom is -0.467 e. The first-order chi connectivity index (χ1) is 13.8. The molecule has 0 rings (SSSR count). The van der Waals surface area contributed by atoms with Gasteiger partial charge in [0.2, 0.25) is 11.8 Å². The largest absolute Gasteiger partial charge is 0.467 e. The van der Waals surface area contributed by atoms with E-state index in [0.717, 1.165) is 23.1 Å². The quantitative estimate of drug-likeness (QED) is 0.209. The average Bonchev–Trinajstić information content (AvgIpc) is 2.73. The van der Waals surface area contributed by atoms with Gasteiger partial charge in [0, 0.05) is 30.8 Å². The Hall–Kier alpha value is -1.88. The summed E-state index contributed by atoms with van der Waals surface area (Å²) in [6, 6.07) is -1.59. The molecule has 0 aromatic rings. The van der Waals surface area contributed by atoms with E-state index >= 15 is 0 Å². The van der Waals surface area contributed by atoms with Crippen LogP contribution in [0.4, 0.5) is 0 Å². The minimum atomic E-state index is -0.869. The Kier molecular flexibility index (Phi) is 14.9. The SMILES string of the molecule is CCC(=O)N[C@@H](CSC(=O)CCC=[SH]C[C@H](NC(=O)CC)C(=O)OC)C(=O)OC. The summed E-state index contributed by atoms with van der Waals surface area (Å²) < 4.78 is 9.31. The number of amides is 2. The van der Waals surface area contributed by atoms with Crippen molar-refractivity contribution in [2.24, 2.45) is 0 Å². The third-order valence-corrected chi connectivity index (χ3v) is 5.71. The molecular weight excluding hydrogens is 420 g/mol. The lowest BCUT2D eigenvalue weighted by molar-refractivity contribution is -0.144. The fraction of sp³-hybridized carbons (Fsp3) is 0.667. The molecule has 0 aromatic heterocycles. The monoisotopic (exact) mass is 450 g/mol. The number of ether oxygens (including phenoxy) is 2. The Balaban J connectivity index is 4.40. The number of rotatable bonds is 13. The van der Waals surface area contributed by atoms with Crippen LogP contribution in [0, 0.1) is 0 Å². The van der Waals surface area contributed by atoms with Crippen LogP contribution in [0.3, 0.4) is 0 Å². The molecule has 166 valence electrons. The van der Waals surface area contributed by atoms with E-state index in [2.05, 4.69) is 20.1 Å². The smallest absolute Gasteiger partial charge is 0.329 e. The second-order valence-corrected chi connectivity index (χ2v) is 7.94. The summed E-state index contributed by atoms with van der Waals surface area (Å²) in [4.78, 5) is 58.3. The number of methoxy groups -OCH3 is 2. The number of thiol groups is 1. The molecule has 0 aromatic carbocycles. The molecule has 29 heavy (non-hydrogen) atoms. The van der Waals surface area contributed by atoms with Gasteiger partial charge in [0.05, 0.1) is 14.2 Å². The molecule has 9 nitrogen and oxygen atoms in total. The topological polar surface area (TPSA) is 128 Å². The predicted octanol–water partition coefficient (Wildman–Crippen LogP) is 0.430. The van der Waals surface area contributed by atoms with Crippen LogP contribution < -0.4 is 10.6 Å². The van der Waals surface area contributed by atoms with E-state index < -0.39 is 24.0 Å². The van der Waals surface area contributed by atoms with Crippen LogP contribution in [0.15, 0.2) is 0 Å². The third kappa shape index (κ3) is 12.3. The van der Waals surface area contributed by atoms with Crippen molar-refractivity contribution in [3.8, 4) is 0 Å². The summed E-state index contributed by atoms with van der Waals surface area (Å²) in [7, 11) is 2.48. The van der Waals surface area contributed by atoms with Crippen molar-refractivity contribution in [1.29, 1.82) is 0 Å². The molecule has 0 bridgehead atoms. The van der Waals surface area contributed by atoms with Crippen LogP contribution >= 0.6 is 23.1 Å². The van der Waals surface area contributed by atoms with Gasteiger partial charge in [0.25, 0.3) is 0 Å². The fourth-order valence-corrected chi connectivity index (χ4v) is 3.67. The molecule has 0 saturated carbocycles. The second kappa shape index (κ2) is 16.0. The molecule has 0 aliphatic rings. The van der Waals surface area contributed by atoms with Gasteiger partial charge in [-0.2, -0.15) is 0 Å². The number of carbonyl (C=O) groups excluding carboxylic acids is 5. The Morgan fingerprint density at radius 2 is 1.45 bits per heavy atom. The maximum absolute atomic E-state index is 12.0. The van der Waals surface area contributed by atoms with E-state index in [1.165, 1.54) is 14.2 Å². The van der Waals surface area contributed by atoms with Gasteiger partial charge in [0.15, 0.2) is 5.12 Å². The van der Waals surface area contributed by atoms with Crippen LogP contribution in [0.2, 0.25) is 0 Å². The second-order valence-electron chi connectivity index (χ2n) is 5.76. The predicted molar refractivity (Wildman–Crippen MR) is 115 cm³/mol. The lowest BCUT2D eigenvalue weighted by Gasteiger charge is -2.15. The summed E-state index contributed by atoms with van der Waals surface area (Å²) in [5.74, 6) is -1.19. The van der Waals surface area contributed by atoms with E-state index in [9.17, 15) is 24.0 Å². The zero-order valence-electron chi connectivity index (χ0n) is 17.2. The molecule has 0 spiro atoms. The highest BCUT2D eigenvalue weighted by molar-refractivity contribution is 8.13. The Morgan fingerprint density at radius 3 is 1.97 bits per heavy atom. The summed E-state index contributed by atoms with van der Waals surface area (Å²) in [6.07, 6.45) is 1.22. The molecule has 0 saturated heterocycles. The molecular formula is C18H30N2O7S2. The third-order valence-electron chi connectivity index (χ3n) is 3.59. The van der Waals surface area contributed by atoms with E-state index in [-0.39, 0.29) is 41.9 Å². The van der Waals surface area contributed by atoms with Gasteiger partial charge in [0.1, 0.15) is 12.1 Å². The molecule has 0 heterocycles.